The van der Waals surface area contributed by atoms with Gasteiger partial charge in [0.1, 0.15) is 0 Å². The number of halogens is 1. The average Bonchev–Trinajstić information content (AvgIpc) is 2.72. The molecule has 0 aromatic carbocycles. The molecule has 9 heteroatoms. The Hall–Kier alpha value is -1.67. The fourth-order valence-corrected chi connectivity index (χ4v) is 1.81. The van der Waals surface area contributed by atoms with Crippen LogP contribution in [-0.4, -0.2) is 27.0 Å². The minimum absolute atomic E-state index is 0.0400. The zero-order chi connectivity index (χ0) is 12.3. The molecule has 0 aliphatic heterocycles. The number of aromatic amines is 1. The summed E-state index contributed by atoms with van der Waals surface area (Å²) in [4.78, 5) is 25.0. The second-order valence-electron chi connectivity index (χ2n) is 2.94. The number of hydrogen-bond donors (Lipinski definition) is 2. The van der Waals surface area contributed by atoms with Crippen LogP contribution in [0.4, 0.5) is 5.95 Å². The summed E-state index contributed by atoms with van der Waals surface area (Å²) in [7, 11) is 1.44. The predicted molar refractivity (Wildman–Crippen MR) is 63.7 cm³/mol. The van der Waals surface area contributed by atoms with Crippen molar-refractivity contribution < 1.29 is 4.74 Å². The summed E-state index contributed by atoms with van der Waals surface area (Å²) in [6.45, 7) is 0.391. The van der Waals surface area contributed by atoms with E-state index < -0.39 is 0 Å². The van der Waals surface area contributed by atoms with Crippen molar-refractivity contribution in [3.63, 3.8) is 0 Å². The SMILES string of the molecule is COc1nc(Cl)nc(NCc2csc(=O)[nH]2)n1. The van der Waals surface area contributed by atoms with Gasteiger partial charge in [-0.3, -0.25) is 4.79 Å². The zero-order valence-electron chi connectivity index (χ0n) is 8.73. The lowest BCUT2D eigenvalue weighted by Crippen LogP contribution is -2.07. The Morgan fingerprint density at radius 2 is 2.35 bits per heavy atom. The maximum Gasteiger partial charge on any atom is 0.322 e. The van der Waals surface area contributed by atoms with Crippen molar-refractivity contribution >= 4 is 28.9 Å². The molecule has 0 unspecified atom stereocenters. The van der Waals surface area contributed by atoms with Crippen molar-refractivity contribution in [1.29, 1.82) is 0 Å². The summed E-state index contributed by atoms with van der Waals surface area (Å²) in [5.41, 5.74) is 0.746. The molecular formula is C8H8ClN5O2S. The van der Waals surface area contributed by atoms with E-state index in [1.165, 1.54) is 7.11 Å². The number of ether oxygens (including phenoxy) is 1. The van der Waals surface area contributed by atoms with E-state index in [2.05, 4.69) is 25.3 Å². The van der Waals surface area contributed by atoms with E-state index in [0.29, 0.717) is 6.54 Å². The second-order valence-corrected chi connectivity index (χ2v) is 4.12. The van der Waals surface area contributed by atoms with Crippen LogP contribution in [0.5, 0.6) is 6.01 Å². The molecule has 90 valence electrons. The Balaban J connectivity index is 2.08. The molecule has 0 aliphatic carbocycles. The summed E-state index contributed by atoms with van der Waals surface area (Å²) in [6.07, 6.45) is 0. The third-order valence-electron chi connectivity index (χ3n) is 1.78. The standard InChI is InChI=1S/C8H8ClN5O2S/c1-16-7-13-5(9)12-6(14-7)10-2-4-3-17-8(15)11-4/h3H,2H2,1H3,(H,11,15)(H,10,12,13,14). The molecule has 2 N–H and O–H groups in total. The van der Waals surface area contributed by atoms with E-state index in [1.807, 2.05) is 0 Å². The van der Waals surface area contributed by atoms with Gasteiger partial charge in [0.25, 0.3) is 0 Å². The highest BCUT2D eigenvalue weighted by Gasteiger charge is 2.05. The fraction of sp³-hybridized carbons (Fsp3) is 0.250. The number of hydrogen-bond acceptors (Lipinski definition) is 7. The van der Waals surface area contributed by atoms with Crippen LogP contribution >= 0.6 is 22.9 Å². The van der Waals surface area contributed by atoms with Gasteiger partial charge in [0, 0.05) is 11.1 Å². The van der Waals surface area contributed by atoms with E-state index in [0.717, 1.165) is 17.0 Å². The lowest BCUT2D eigenvalue weighted by molar-refractivity contribution is 0.379. The van der Waals surface area contributed by atoms with Gasteiger partial charge >= 0.3 is 10.9 Å². The third kappa shape index (κ3) is 3.14. The van der Waals surface area contributed by atoms with Crippen molar-refractivity contribution in [1.82, 2.24) is 19.9 Å². The summed E-state index contributed by atoms with van der Waals surface area (Å²) in [6, 6.07) is 0.131. The van der Waals surface area contributed by atoms with Gasteiger partial charge < -0.3 is 15.0 Å². The molecule has 0 aliphatic rings. The summed E-state index contributed by atoms with van der Waals surface area (Å²) in [5.74, 6) is 0.286. The first-order valence-electron chi connectivity index (χ1n) is 4.53. The first-order chi connectivity index (χ1) is 8.17. The second kappa shape index (κ2) is 5.11. The third-order valence-corrected chi connectivity index (χ3v) is 2.67. The Bertz CT molecular complexity index is 569. The first kappa shape index (κ1) is 11.8. The molecule has 7 nitrogen and oxygen atoms in total. The van der Waals surface area contributed by atoms with Gasteiger partial charge in [0.05, 0.1) is 13.7 Å². The highest BCUT2D eigenvalue weighted by molar-refractivity contribution is 7.07. The minimum Gasteiger partial charge on any atom is -0.467 e. The first-order valence-corrected chi connectivity index (χ1v) is 5.79. The van der Waals surface area contributed by atoms with Crippen LogP contribution in [0, 0.1) is 0 Å². The van der Waals surface area contributed by atoms with E-state index >= 15 is 0 Å². The highest BCUT2D eigenvalue weighted by atomic mass is 35.5. The molecule has 0 saturated carbocycles. The Morgan fingerprint density at radius 1 is 1.53 bits per heavy atom. The van der Waals surface area contributed by atoms with Gasteiger partial charge in [-0.05, 0) is 11.6 Å². The molecule has 2 rings (SSSR count). The van der Waals surface area contributed by atoms with Crippen LogP contribution < -0.4 is 14.9 Å². The van der Waals surface area contributed by atoms with Crippen molar-refractivity contribution in [3.8, 4) is 6.01 Å². The van der Waals surface area contributed by atoms with Gasteiger partial charge in [0.2, 0.25) is 11.2 Å². The van der Waals surface area contributed by atoms with Gasteiger partial charge in [-0.25, -0.2) is 0 Å². The largest absolute Gasteiger partial charge is 0.467 e. The molecular weight excluding hydrogens is 266 g/mol. The van der Waals surface area contributed by atoms with Gasteiger partial charge in [0.15, 0.2) is 0 Å². The van der Waals surface area contributed by atoms with Crippen molar-refractivity contribution in [2.75, 3.05) is 12.4 Å². The molecule has 2 heterocycles. The van der Waals surface area contributed by atoms with E-state index in [1.54, 1.807) is 5.38 Å². The topological polar surface area (TPSA) is 92.8 Å². The zero-order valence-corrected chi connectivity index (χ0v) is 10.3. The molecule has 0 atom stereocenters. The molecule has 0 spiro atoms. The van der Waals surface area contributed by atoms with Crippen LogP contribution in [0.3, 0.4) is 0 Å². The van der Waals surface area contributed by atoms with E-state index in [4.69, 9.17) is 16.3 Å². The molecule has 0 amide bonds. The van der Waals surface area contributed by atoms with Crippen LogP contribution in [0.1, 0.15) is 5.69 Å². The average molecular weight is 274 g/mol. The molecule has 0 saturated heterocycles. The van der Waals surface area contributed by atoms with Crippen LogP contribution in [-0.2, 0) is 6.54 Å². The smallest absolute Gasteiger partial charge is 0.322 e. The van der Waals surface area contributed by atoms with Gasteiger partial charge in [-0.1, -0.05) is 11.3 Å². The maximum absolute atomic E-state index is 10.9. The maximum atomic E-state index is 10.9. The monoisotopic (exact) mass is 273 g/mol. The van der Waals surface area contributed by atoms with Crippen LogP contribution in [0.25, 0.3) is 0 Å². The molecule has 2 aromatic heterocycles. The predicted octanol–water partition coefficient (Wildman–Crippen LogP) is 0.895. The van der Waals surface area contributed by atoms with Crippen molar-refractivity contribution in [3.05, 3.63) is 26.0 Å². The van der Waals surface area contributed by atoms with Crippen molar-refractivity contribution in [2.45, 2.75) is 6.54 Å². The molecule has 0 bridgehead atoms. The van der Waals surface area contributed by atoms with Crippen LogP contribution in [0.15, 0.2) is 10.2 Å². The Morgan fingerprint density at radius 3 is 3.00 bits per heavy atom. The molecule has 2 aromatic rings. The van der Waals surface area contributed by atoms with Gasteiger partial charge in [-0.15, -0.1) is 0 Å². The number of rotatable bonds is 4. The van der Waals surface area contributed by atoms with Crippen molar-refractivity contribution in [2.24, 2.45) is 0 Å². The molecule has 0 fully saturated rings. The lowest BCUT2D eigenvalue weighted by Gasteiger charge is -2.04. The Kier molecular flexibility index (Phi) is 3.55. The summed E-state index contributed by atoms with van der Waals surface area (Å²) < 4.78 is 4.85. The number of thiazole rings is 1. The lowest BCUT2D eigenvalue weighted by atomic mass is 10.5. The normalized spacial score (nSPS) is 10.2. The van der Waals surface area contributed by atoms with Gasteiger partial charge in [-0.2, -0.15) is 15.0 Å². The number of nitrogens with one attached hydrogen (secondary N) is 2. The quantitative estimate of drug-likeness (QED) is 0.860. The number of aromatic nitrogens is 4. The molecule has 17 heavy (non-hydrogen) atoms. The van der Waals surface area contributed by atoms with E-state index in [-0.39, 0.29) is 22.1 Å². The number of anilines is 1. The summed E-state index contributed by atoms with van der Waals surface area (Å²) in [5, 5.41) is 4.66. The fourth-order valence-electron chi connectivity index (χ4n) is 1.08. The summed E-state index contributed by atoms with van der Waals surface area (Å²) >= 11 is 6.77. The number of H-pyrrole nitrogens is 1. The number of nitrogens with zero attached hydrogens (tertiary/aromatic N) is 3. The van der Waals surface area contributed by atoms with Crippen LogP contribution in [0.2, 0.25) is 5.28 Å². The number of methoxy groups -OCH3 is 1. The minimum atomic E-state index is -0.104. The molecule has 0 radical (unpaired) electrons. The Labute approximate surface area is 105 Å². The van der Waals surface area contributed by atoms with E-state index in [9.17, 15) is 4.79 Å². The highest BCUT2D eigenvalue weighted by Crippen LogP contribution is 2.11.